The molecule has 2 atom stereocenters. The number of unbranched alkanes of at least 4 members (excludes halogenated alkanes) is 1. The molecule has 2 rings (SSSR count). The maximum Gasteiger partial charge on any atom is 0.408 e. The second-order valence-corrected chi connectivity index (χ2v) is 11.1. The van der Waals surface area contributed by atoms with Gasteiger partial charge in [0.15, 0.2) is 0 Å². The van der Waals surface area contributed by atoms with Crippen LogP contribution in [0.2, 0.25) is 0 Å². The van der Waals surface area contributed by atoms with Crippen molar-refractivity contribution in [2.45, 2.75) is 111 Å². The van der Waals surface area contributed by atoms with Gasteiger partial charge in [-0.3, -0.25) is 9.59 Å². The Labute approximate surface area is 211 Å². The van der Waals surface area contributed by atoms with Crippen molar-refractivity contribution in [2.75, 3.05) is 6.54 Å². The Kier molecular flexibility index (Phi) is 10.6. The summed E-state index contributed by atoms with van der Waals surface area (Å²) in [5.41, 5.74) is 1.20. The summed E-state index contributed by atoms with van der Waals surface area (Å²) < 4.78 is 5.45. The van der Waals surface area contributed by atoms with Gasteiger partial charge in [0.2, 0.25) is 11.8 Å². The normalized spacial score (nSPS) is 15.7. The number of hydrogen-bond donors (Lipinski definition) is 2. The first-order valence-electron chi connectivity index (χ1n) is 13.1. The third-order valence-corrected chi connectivity index (χ3v) is 6.17. The zero-order valence-electron chi connectivity index (χ0n) is 22.6. The van der Waals surface area contributed by atoms with Gasteiger partial charge in [0.05, 0.1) is 0 Å². The van der Waals surface area contributed by atoms with Gasteiger partial charge >= 0.3 is 6.09 Å². The van der Waals surface area contributed by atoms with Crippen LogP contribution in [0.5, 0.6) is 0 Å². The summed E-state index contributed by atoms with van der Waals surface area (Å²) in [6, 6.07) is 6.22. The molecule has 2 N–H and O–H groups in total. The third kappa shape index (κ3) is 8.86. The lowest BCUT2D eigenvalue weighted by Crippen LogP contribution is -2.57. The van der Waals surface area contributed by atoms with Crippen LogP contribution in [-0.2, 0) is 14.3 Å². The molecule has 1 saturated carbocycles. The van der Waals surface area contributed by atoms with Crippen molar-refractivity contribution in [2.24, 2.45) is 5.92 Å². The minimum Gasteiger partial charge on any atom is -0.444 e. The maximum atomic E-state index is 14.1. The predicted octanol–water partition coefficient (Wildman–Crippen LogP) is 5.27. The highest BCUT2D eigenvalue weighted by Crippen LogP contribution is 2.34. The van der Waals surface area contributed by atoms with E-state index in [9.17, 15) is 14.4 Å². The number of amides is 3. The highest BCUT2D eigenvalue weighted by atomic mass is 16.6. The van der Waals surface area contributed by atoms with Crippen LogP contribution in [0.15, 0.2) is 24.3 Å². The number of rotatable bonds is 11. The van der Waals surface area contributed by atoms with Crippen LogP contribution in [0.4, 0.5) is 4.79 Å². The lowest BCUT2D eigenvalue weighted by atomic mass is 9.87. The average Bonchev–Trinajstić information content (AvgIpc) is 2.70. The molecule has 1 aliphatic carbocycles. The number of nitrogens with zero attached hydrogens (tertiary/aromatic N) is 1. The van der Waals surface area contributed by atoms with Crippen LogP contribution in [0, 0.1) is 12.8 Å². The number of hydrogen-bond acceptors (Lipinski definition) is 4. The standard InChI is InChI=1S/C28H45N3O4/c1-8-9-17-29-25(32)24(21-15-13-20(4)14-16-21)31(22-11-10-12-22)26(33)23(18-19(2)3)30-27(34)35-28(5,6)7/h13-16,19,22-24H,8-12,17-18H2,1-7H3,(H,29,32)(H,30,34). The lowest BCUT2D eigenvalue weighted by Gasteiger charge is -2.43. The molecule has 1 aromatic rings. The Bertz CT molecular complexity index is 841. The van der Waals surface area contributed by atoms with Gasteiger partial charge < -0.3 is 20.3 Å². The smallest absolute Gasteiger partial charge is 0.408 e. The van der Waals surface area contributed by atoms with Gasteiger partial charge in [-0.15, -0.1) is 0 Å². The van der Waals surface area contributed by atoms with Gasteiger partial charge in [-0.05, 0) is 71.3 Å². The van der Waals surface area contributed by atoms with E-state index in [-0.39, 0.29) is 23.8 Å². The number of nitrogens with one attached hydrogen (secondary N) is 2. The Hall–Kier alpha value is -2.57. The van der Waals surface area contributed by atoms with Crippen molar-refractivity contribution < 1.29 is 19.1 Å². The molecule has 3 amide bonds. The van der Waals surface area contributed by atoms with Gasteiger partial charge in [-0.1, -0.05) is 57.0 Å². The summed E-state index contributed by atoms with van der Waals surface area (Å²) in [7, 11) is 0. The van der Waals surface area contributed by atoms with E-state index in [1.165, 1.54) is 0 Å². The summed E-state index contributed by atoms with van der Waals surface area (Å²) in [5, 5.41) is 5.85. The minimum absolute atomic E-state index is 0.0409. The number of carbonyl (C=O) groups is 3. The van der Waals surface area contributed by atoms with Gasteiger partial charge in [0.1, 0.15) is 17.7 Å². The second kappa shape index (κ2) is 12.9. The van der Waals surface area contributed by atoms with Crippen molar-refractivity contribution >= 4 is 17.9 Å². The first kappa shape index (κ1) is 28.7. The SMILES string of the molecule is CCCCNC(=O)C(c1ccc(C)cc1)N(C(=O)C(CC(C)C)NC(=O)OC(C)(C)C)C1CCC1. The number of ether oxygens (including phenoxy) is 1. The van der Waals surface area contributed by atoms with Crippen molar-refractivity contribution in [3.05, 3.63) is 35.4 Å². The third-order valence-electron chi connectivity index (χ3n) is 6.17. The van der Waals surface area contributed by atoms with Crippen LogP contribution in [0.3, 0.4) is 0 Å². The number of alkyl carbamates (subject to hydrolysis) is 1. The molecule has 196 valence electrons. The van der Waals surface area contributed by atoms with Gasteiger partial charge in [0.25, 0.3) is 0 Å². The lowest BCUT2D eigenvalue weighted by molar-refractivity contribution is -0.147. The van der Waals surface area contributed by atoms with E-state index in [4.69, 9.17) is 4.74 Å². The van der Waals surface area contributed by atoms with Crippen LogP contribution >= 0.6 is 0 Å². The molecule has 1 aromatic carbocycles. The Morgan fingerprint density at radius 2 is 1.74 bits per heavy atom. The molecule has 7 heteroatoms. The largest absolute Gasteiger partial charge is 0.444 e. The van der Waals surface area contributed by atoms with E-state index in [1.807, 2.05) is 45.0 Å². The fourth-order valence-electron chi connectivity index (χ4n) is 4.18. The van der Waals surface area contributed by atoms with E-state index >= 15 is 0 Å². The summed E-state index contributed by atoms with van der Waals surface area (Å²) in [6.07, 6.45) is 4.38. The molecule has 1 fully saturated rings. The Morgan fingerprint density at radius 3 is 2.23 bits per heavy atom. The van der Waals surface area contributed by atoms with E-state index in [2.05, 4.69) is 17.6 Å². The van der Waals surface area contributed by atoms with Gasteiger partial charge in [-0.2, -0.15) is 0 Å². The number of aryl methyl sites for hydroxylation is 1. The van der Waals surface area contributed by atoms with Crippen LogP contribution < -0.4 is 10.6 Å². The van der Waals surface area contributed by atoms with E-state index in [0.717, 1.165) is 43.2 Å². The van der Waals surface area contributed by atoms with Crippen LogP contribution in [0.25, 0.3) is 0 Å². The van der Waals surface area contributed by atoms with Crippen molar-refractivity contribution in [3.63, 3.8) is 0 Å². The number of benzene rings is 1. The molecule has 0 aliphatic heterocycles. The molecule has 0 radical (unpaired) electrons. The zero-order valence-corrected chi connectivity index (χ0v) is 22.6. The van der Waals surface area contributed by atoms with E-state index in [0.29, 0.717) is 13.0 Å². The second-order valence-electron chi connectivity index (χ2n) is 11.1. The fraction of sp³-hybridized carbons (Fsp3) is 0.679. The molecular weight excluding hydrogens is 442 g/mol. The van der Waals surface area contributed by atoms with E-state index in [1.54, 1.807) is 25.7 Å². The summed E-state index contributed by atoms with van der Waals surface area (Å²) >= 11 is 0. The molecule has 35 heavy (non-hydrogen) atoms. The van der Waals surface area contributed by atoms with Crippen LogP contribution in [0.1, 0.15) is 97.2 Å². The Balaban J connectivity index is 2.43. The number of carbonyl (C=O) groups excluding carboxylic acids is 3. The fourth-order valence-corrected chi connectivity index (χ4v) is 4.18. The molecule has 0 aromatic heterocycles. The van der Waals surface area contributed by atoms with Gasteiger partial charge in [0, 0.05) is 12.6 Å². The molecule has 0 saturated heterocycles. The molecule has 7 nitrogen and oxygen atoms in total. The van der Waals surface area contributed by atoms with Crippen LogP contribution in [-0.4, -0.2) is 47.0 Å². The van der Waals surface area contributed by atoms with Gasteiger partial charge in [-0.25, -0.2) is 4.79 Å². The molecule has 1 aliphatic rings. The van der Waals surface area contributed by atoms with Crippen molar-refractivity contribution in [3.8, 4) is 0 Å². The first-order chi connectivity index (χ1) is 16.4. The zero-order chi connectivity index (χ0) is 26.2. The highest BCUT2D eigenvalue weighted by Gasteiger charge is 2.42. The molecular formula is C28H45N3O4. The molecule has 0 heterocycles. The minimum atomic E-state index is -0.776. The maximum absolute atomic E-state index is 14.1. The topological polar surface area (TPSA) is 87.7 Å². The summed E-state index contributed by atoms with van der Waals surface area (Å²) in [4.78, 5) is 42.0. The first-order valence-corrected chi connectivity index (χ1v) is 13.1. The predicted molar refractivity (Wildman–Crippen MR) is 139 cm³/mol. The van der Waals surface area contributed by atoms with Crippen molar-refractivity contribution in [1.29, 1.82) is 0 Å². The molecule has 0 spiro atoms. The quantitative estimate of drug-likeness (QED) is 0.416. The average molecular weight is 488 g/mol. The molecule has 2 unspecified atom stereocenters. The monoisotopic (exact) mass is 487 g/mol. The summed E-state index contributed by atoms with van der Waals surface area (Å²) in [5.74, 6) is -0.244. The highest BCUT2D eigenvalue weighted by molar-refractivity contribution is 5.92. The molecule has 0 bridgehead atoms. The summed E-state index contributed by atoms with van der Waals surface area (Å²) in [6.45, 7) is 14.0. The Morgan fingerprint density at radius 1 is 1.11 bits per heavy atom. The van der Waals surface area contributed by atoms with E-state index < -0.39 is 23.8 Å². The van der Waals surface area contributed by atoms with Crippen molar-refractivity contribution in [1.82, 2.24) is 15.5 Å².